The second kappa shape index (κ2) is 6.83. The van der Waals surface area contributed by atoms with Crippen molar-refractivity contribution in [3.05, 3.63) is 29.8 Å². The summed E-state index contributed by atoms with van der Waals surface area (Å²) >= 11 is 1.80. The predicted octanol–water partition coefficient (Wildman–Crippen LogP) is 3.94. The zero-order valence-electron chi connectivity index (χ0n) is 10.9. The van der Waals surface area contributed by atoms with Gasteiger partial charge in [0.25, 0.3) is 0 Å². The Balaban J connectivity index is 2.04. The number of Topliss-reactive ketones (excluding diaryl/α,β-unsaturated/α-hetero) is 1. The molecule has 1 aromatic rings. The van der Waals surface area contributed by atoms with Gasteiger partial charge in [-0.3, -0.25) is 4.79 Å². The average molecular weight is 264 g/mol. The molecule has 0 spiro atoms. The van der Waals surface area contributed by atoms with E-state index in [1.807, 2.05) is 24.3 Å². The second-order valence-electron chi connectivity index (χ2n) is 4.60. The molecule has 0 aromatic heterocycles. The van der Waals surface area contributed by atoms with Gasteiger partial charge in [0.1, 0.15) is 5.75 Å². The molecule has 1 aliphatic rings. The van der Waals surface area contributed by atoms with Crippen molar-refractivity contribution in [3.63, 3.8) is 0 Å². The topological polar surface area (TPSA) is 26.3 Å². The van der Waals surface area contributed by atoms with Crippen LogP contribution in [0, 0.1) is 0 Å². The molecule has 0 aliphatic carbocycles. The third kappa shape index (κ3) is 3.52. The molecule has 0 saturated carbocycles. The lowest BCUT2D eigenvalue weighted by atomic mass is 10.0. The highest BCUT2D eigenvalue weighted by Gasteiger charge is 2.23. The van der Waals surface area contributed by atoms with Crippen LogP contribution in [0.1, 0.15) is 43.0 Å². The van der Waals surface area contributed by atoms with Gasteiger partial charge in [-0.1, -0.05) is 25.5 Å². The van der Waals surface area contributed by atoms with E-state index in [0.29, 0.717) is 6.61 Å². The van der Waals surface area contributed by atoms with E-state index < -0.39 is 0 Å². The Morgan fingerprint density at radius 3 is 3.06 bits per heavy atom. The molecule has 98 valence electrons. The number of hydrogen-bond donors (Lipinski definition) is 0. The van der Waals surface area contributed by atoms with Crippen LogP contribution < -0.4 is 4.74 Å². The van der Waals surface area contributed by atoms with Gasteiger partial charge >= 0.3 is 0 Å². The normalized spacial score (nSPS) is 19.5. The Morgan fingerprint density at radius 2 is 2.33 bits per heavy atom. The molecule has 1 aliphatic heterocycles. The molecule has 1 heterocycles. The number of carbonyl (C=O) groups excluding carboxylic acids is 1. The summed E-state index contributed by atoms with van der Waals surface area (Å²) in [5.74, 6) is 2.19. The molecule has 0 radical (unpaired) electrons. The molecular weight excluding hydrogens is 244 g/mol. The van der Waals surface area contributed by atoms with Gasteiger partial charge in [-0.25, -0.2) is 0 Å². The first-order valence-electron chi connectivity index (χ1n) is 6.70. The minimum absolute atomic E-state index is 0.153. The molecule has 0 bridgehead atoms. The minimum atomic E-state index is 0.153. The van der Waals surface area contributed by atoms with Crippen LogP contribution in [0.4, 0.5) is 0 Å². The number of ketones is 1. The van der Waals surface area contributed by atoms with Crippen LogP contribution in [-0.4, -0.2) is 23.4 Å². The summed E-state index contributed by atoms with van der Waals surface area (Å²) in [7, 11) is 0. The van der Waals surface area contributed by atoms with E-state index in [9.17, 15) is 4.79 Å². The monoisotopic (exact) mass is 264 g/mol. The Morgan fingerprint density at radius 1 is 1.44 bits per heavy atom. The van der Waals surface area contributed by atoms with Gasteiger partial charge in [-0.05, 0) is 37.1 Å². The zero-order valence-corrected chi connectivity index (χ0v) is 11.7. The highest BCUT2D eigenvalue weighted by molar-refractivity contribution is 8.00. The fraction of sp³-hybridized carbons (Fsp3) is 0.533. The summed E-state index contributed by atoms with van der Waals surface area (Å²) in [6, 6.07) is 7.61. The summed E-state index contributed by atoms with van der Waals surface area (Å²) in [6.07, 6.45) is 4.42. The molecule has 1 aromatic carbocycles. The molecule has 0 amide bonds. The molecule has 0 N–H and O–H groups in total. The van der Waals surface area contributed by atoms with E-state index >= 15 is 0 Å². The van der Waals surface area contributed by atoms with Crippen molar-refractivity contribution in [3.8, 4) is 5.75 Å². The lowest BCUT2D eigenvalue weighted by Crippen LogP contribution is -2.21. The van der Waals surface area contributed by atoms with Crippen LogP contribution >= 0.6 is 11.8 Å². The maximum atomic E-state index is 12.3. The maximum absolute atomic E-state index is 12.3. The molecule has 2 nitrogen and oxygen atoms in total. The van der Waals surface area contributed by atoms with E-state index in [-0.39, 0.29) is 11.0 Å². The highest BCUT2D eigenvalue weighted by Crippen LogP contribution is 2.28. The van der Waals surface area contributed by atoms with E-state index in [1.165, 1.54) is 12.8 Å². The number of ether oxygens (including phenoxy) is 1. The minimum Gasteiger partial charge on any atom is -0.494 e. The molecule has 1 saturated heterocycles. The number of carbonyl (C=O) groups is 1. The summed E-state index contributed by atoms with van der Waals surface area (Å²) in [4.78, 5) is 12.3. The lowest BCUT2D eigenvalue weighted by molar-refractivity contribution is 0.0984. The molecular formula is C15H20O2S. The van der Waals surface area contributed by atoms with Gasteiger partial charge in [0, 0.05) is 5.56 Å². The van der Waals surface area contributed by atoms with Crippen LogP contribution in [0.25, 0.3) is 0 Å². The third-order valence-corrected chi connectivity index (χ3v) is 4.44. The van der Waals surface area contributed by atoms with Crippen molar-refractivity contribution in [1.82, 2.24) is 0 Å². The summed E-state index contributed by atoms with van der Waals surface area (Å²) in [5.41, 5.74) is 0.794. The Hall–Kier alpha value is -0.960. The van der Waals surface area contributed by atoms with Crippen LogP contribution in [0.2, 0.25) is 0 Å². The molecule has 1 atom stereocenters. The SMILES string of the molecule is CCCOc1cccc(C(=O)C2CCCCS2)c1. The standard InChI is InChI=1S/C15H20O2S/c1-2-9-17-13-7-5-6-12(11-13)15(16)14-8-3-4-10-18-14/h5-7,11,14H,2-4,8-10H2,1H3. The van der Waals surface area contributed by atoms with Crippen LogP contribution in [-0.2, 0) is 0 Å². The molecule has 18 heavy (non-hydrogen) atoms. The quantitative estimate of drug-likeness (QED) is 0.753. The van der Waals surface area contributed by atoms with Crippen molar-refractivity contribution < 1.29 is 9.53 Å². The van der Waals surface area contributed by atoms with E-state index in [0.717, 1.165) is 29.9 Å². The van der Waals surface area contributed by atoms with Crippen molar-refractivity contribution in [2.75, 3.05) is 12.4 Å². The zero-order chi connectivity index (χ0) is 12.8. The fourth-order valence-electron chi connectivity index (χ4n) is 2.09. The maximum Gasteiger partial charge on any atom is 0.175 e. The number of hydrogen-bond acceptors (Lipinski definition) is 3. The highest BCUT2D eigenvalue weighted by atomic mass is 32.2. The summed E-state index contributed by atoms with van der Waals surface area (Å²) in [5, 5.41) is 0.153. The first kappa shape index (κ1) is 13.5. The van der Waals surface area contributed by atoms with Gasteiger partial charge in [0.2, 0.25) is 0 Å². The van der Waals surface area contributed by atoms with E-state index in [2.05, 4.69) is 6.92 Å². The molecule has 2 rings (SSSR count). The van der Waals surface area contributed by atoms with E-state index in [1.54, 1.807) is 11.8 Å². The van der Waals surface area contributed by atoms with Gasteiger partial charge in [0.15, 0.2) is 5.78 Å². The molecule has 3 heteroatoms. The summed E-state index contributed by atoms with van der Waals surface area (Å²) in [6.45, 7) is 2.78. The van der Waals surface area contributed by atoms with Gasteiger partial charge in [-0.15, -0.1) is 0 Å². The van der Waals surface area contributed by atoms with Crippen LogP contribution in [0.15, 0.2) is 24.3 Å². The van der Waals surface area contributed by atoms with Crippen molar-refractivity contribution in [2.45, 2.75) is 37.9 Å². The first-order valence-corrected chi connectivity index (χ1v) is 7.75. The number of benzene rings is 1. The van der Waals surface area contributed by atoms with E-state index in [4.69, 9.17) is 4.74 Å². The Bertz CT molecular complexity index is 397. The van der Waals surface area contributed by atoms with Gasteiger partial charge in [-0.2, -0.15) is 11.8 Å². The first-order chi connectivity index (χ1) is 8.81. The Labute approximate surface area is 113 Å². The van der Waals surface area contributed by atoms with Crippen molar-refractivity contribution in [1.29, 1.82) is 0 Å². The molecule has 1 unspecified atom stereocenters. The van der Waals surface area contributed by atoms with Crippen molar-refractivity contribution >= 4 is 17.5 Å². The van der Waals surface area contributed by atoms with Crippen LogP contribution in [0.5, 0.6) is 5.75 Å². The third-order valence-electron chi connectivity index (χ3n) is 3.06. The number of thioether (sulfide) groups is 1. The summed E-state index contributed by atoms with van der Waals surface area (Å²) < 4.78 is 5.57. The van der Waals surface area contributed by atoms with Crippen LogP contribution in [0.3, 0.4) is 0 Å². The van der Waals surface area contributed by atoms with Crippen molar-refractivity contribution in [2.24, 2.45) is 0 Å². The smallest absolute Gasteiger partial charge is 0.175 e. The second-order valence-corrected chi connectivity index (χ2v) is 5.91. The number of rotatable bonds is 5. The molecule has 1 fully saturated rings. The van der Waals surface area contributed by atoms with Gasteiger partial charge in [0.05, 0.1) is 11.9 Å². The lowest BCUT2D eigenvalue weighted by Gasteiger charge is -2.20. The fourth-order valence-corrected chi connectivity index (χ4v) is 3.37. The average Bonchev–Trinajstić information content (AvgIpc) is 2.45. The predicted molar refractivity (Wildman–Crippen MR) is 76.7 cm³/mol. The largest absolute Gasteiger partial charge is 0.494 e. The Kier molecular flexibility index (Phi) is 5.12. The van der Waals surface area contributed by atoms with Gasteiger partial charge < -0.3 is 4.74 Å².